The van der Waals surface area contributed by atoms with Crippen LogP contribution in [-0.4, -0.2) is 41.6 Å². The van der Waals surface area contributed by atoms with Gasteiger partial charge in [0.2, 0.25) is 12.7 Å². The maximum atomic E-state index is 12.7. The van der Waals surface area contributed by atoms with E-state index < -0.39 is 0 Å². The molecule has 0 radical (unpaired) electrons. The van der Waals surface area contributed by atoms with Crippen molar-refractivity contribution in [1.29, 1.82) is 0 Å². The van der Waals surface area contributed by atoms with Gasteiger partial charge in [0.05, 0.1) is 5.69 Å². The molecule has 0 spiro atoms. The Morgan fingerprint density at radius 2 is 2.04 bits per heavy atom. The van der Waals surface area contributed by atoms with Gasteiger partial charge in [-0.1, -0.05) is 0 Å². The first-order chi connectivity index (χ1) is 12.0. The molecule has 2 heterocycles. The summed E-state index contributed by atoms with van der Waals surface area (Å²) in [6.45, 7) is 6.20. The lowest BCUT2D eigenvalue weighted by molar-refractivity contribution is -0.116. The van der Waals surface area contributed by atoms with Gasteiger partial charge >= 0.3 is 0 Å². The standard InChI is InChI=1S/C17H19N3O4S/c1-4-20(8-15(21)19-17-18-10(2)11(3)25-17)16(22)12-5-6-13-14(7-12)24-9-23-13/h5-7H,4,8-9H2,1-3H3,(H,18,19,21). The quantitative estimate of drug-likeness (QED) is 0.885. The first-order valence-electron chi connectivity index (χ1n) is 7.90. The van der Waals surface area contributed by atoms with E-state index in [2.05, 4.69) is 10.3 Å². The molecule has 0 bridgehead atoms. The van der Waals surface area contributed by atoms with Gasteiger partial charge in [0.1, 0.15) is 6.54 Å². The first kappa shape index (κ1) is 17.2. The molecule has 0 unspecified atom stereocenters. The van der Waals surface area contributed by atoms with Gasteiger partial charge in [0, 0.05) is 17.0 Å². The smallest absolute Gasteiger partial charge is 0.254 e. The molecule has 1 aromatic carbocycles. The van der Waals surface area contributed by atoms with Crippen LogP contribution in [0.1, 0.15) is 27.9 Å². The zero-order valence-electron chi connectivity index (χ0n) is 14.3. The Bertz CT molecular complexity index is 799. The third-order valence-corrected chi connectivity index (χ3v) is 4.89. The number of benzene rings is 1. The van der Waals surface area contributed by atoms with Crippen molar-refractivity contribution in [3.8, 4) is 11.5 Å². The van der Waals surface area contributed by atoms with E-state index in [4.69, 9.17) is 9.47 Å². The number of anilines is 1. The number of carbonyl (C=O) groups excluding carboxylic acids is 2. The van der Waals surface area contributed by atoms with Gasteiger partial charge in [0.15, 0.2) is 16.6 Å². The molecule has 132 valence electrons. The Morgan fingerprint density at radius 1 is 1.28 bits per heavy atom. The van der Waals surface area contributed by atoms with Crippen LogP contribution in [0.25, 0.3) is 0 Å². The number of aromatic nitrogens is 1. The summed E-state index contributed by atoms with van der Waals surface area (Å²) in [6, 6.07) is 5.01. The lowest BCUT2D eigenvalue weighted by Gasteiger charge is -2.20. The number of carbonyl (C=O) groups is 2. The largest absolute Gasteiger partial charge is 0.454 e. The Kier molecular flexibility index (Phi) is 4.89. The predicted octanol–water partition coefficient (Wildman–Crippen LogP) is 2.59. The highest BCUT2D eigenvalue weighted by atomic mass is 32.1. The van der Waals surface area contributed by atoms with E-state index in [0.29, 0.717) is 28.7 Å². The highest BCUT2D eigenvalue weighted by Gasteiger charge is 2.21. The lowest BCUT2D eigenvalue weighted by Crippen LogP contribution is -2.37. The number of aryl methyl sites for hydroxylation is 2. The fourth-order valence-electron chi connectivity index (χ4n) is 2.40. The second kappa shape index (κ2) is 7.10. The third-order valence-electron chi connectivity index (χ3n) is 3.90. The Hall–Kier alpha value is -2.61. The number of ether oxygens (including phenoxy) is 2. The van der Waals surface area contributed by atoms with Crippen LogP contribution in [0.5, 0.6) is 11.5 Å². The fraction of sp³-hybridized carbons (Fsp3) is 0.353. The number of hydrogen-bond acceptors (Lipinski definition) is 6. The van der Waals surface area contributed by atoms with Crippen LogP contribution in [0.4, 0.5) is 5.13 Å². The normalized spacial score (nSPS) is 12.1. The molecule has 0 saturated heterocycles. The number of nitrogens with one attached hydrogen (secondary N) is 1. The molecule has 2 aromatic rings. The average Bonchev–Trinajstić information content (AvgIpc) is 3.17. The maximum Gasteiger partial charge on any atom is 0.254 e. The molecular weight excluding hydrogens is 342 g/mol. The van der Waals surface area contributed by atoms with Gasteiger partial charge in [-0.05, 0) is 39.0 Å². The zero-order valence-corrected chi connectivity index (χ0v) is 15.1. The molecule has 0 fully saturated rings. The van der Waals surface area contributed by atoms with Crippen LogP contribution >= 0.6 is 11.3 Å². The number of likely N-dealkylation sites (N-methyl/N-ethyl adjacent to an activating group) is 1. The Balaban J connectivity index is 1.67. The highest BCUT2D eigenvalue weighted by molar-refractivity contribution is 7.15. The number of nitrogens with zero attached hydrogens (tertiary/aromatic N) is 2. The number of fused-ring (bicyclic) bond motifs is 1. The van der Waals surface area contributed by atoms with Gasteiger partial charge in [-0.25, -0.2) is 4.98 Å². The van der Waals surface area contributed by atoms with Crippen molar-refractivity contribution in [2.24, 2.45) is 0 Å². The number of amides is 2. The van der Waals surface area contributed by atoms with Crippen LogP contribution in [0, 0.1) is 13.8 Å². The summed E-state index contributed by atoms with van der Waals surface area (Å²) in [5.41, 5.74) is 1.35. The zero-order chi connectivity index (χ0) is 18.0. The number of thiazole rings is 1. The van der Waals surface area contributed by atoms with Crippen LogP contribution in [-0.2, 0) is 4.79 Å². The summed E-state index contributed by atoms with van der Waals surface area (Å²) in [6.07, 6.45) is 0. The molecule has 1 N–H and O–H groups in total. The van der Waals surface area contributed by atoms with E-state index in [1.807, 2.05) is 20.8 Å². The number of hydrogen-bond donors (Lipinski definition) is 1. The Labute approximate surface area is 149 Å². The van der Waals surface area contributed by atoms with Crippen LogP contribution < -0.4 is 14.8 Å². The van der Waals surface area contributed by atoms with E-state index in [0.717, 1.165) is 10.6 Å². The SMILES string of the molecule is CCN(CC(=O)Nc1nc(C)c(C)s1)C(=O)c1ccc2c(c1)OCO2. The van der Waals surface area contributed by atoms with Gasteiger partial charge in [-0.3, -0.25) is 9.59 Å². The molecule has 2 amide bonds. The molecule has 25 heavy (non-hydrogen) atoms. The molecule has 1 aliphatic rings. The summed E-state index contributed by atoms with van der Waals surface area (Å²) >= 11 is 1.42. The summed E-state index contributed by atoms with van der Waals surface area (Å²) in [5.74, 6) is 0.652. The number of rotatable bonds is 5. The minimum atomic E-state index is -0.273. The van der Waals surface area contributed by atoms with E-state index >= 15 is 0 Å². The van der Waals surface area contributed by atoms with Crippen molar-refractivity contribution in [2.45, 2.75) is 20.8 Å². The monoisotopic (exact) mass is 361 g/mol. The van der Waals surface area contributed by atoms with Crippen molar-refractivity contribution in [1.82, 2.24) is 9.88 Å². The summed E-state index contributed by atoms with van der Waals surface area (Å²) in [5, 5.41) is 3.29. The van der Waals surface area contributed by atoms with E-state index in [9.17, 15) is 9.59 Å². The van der Waals surface area contributed by atoms with Crippen molar-refractivity contribution < 1.29 is 19.1 Å². The van der Waals surface area contributed by atoms with Gasteiger partial charge < -0.3 is 19.7 Å². The minimum Gasteiger partial charge on any atom is -0.454 e. The van der Waals surface area contributed by atoms with Gasteiger partial charge in [-0.2, -0.15) is 0 Å². The van der Waals surface area contributed by atoms with Crippen molar-refractivity contribution >= 4 is 28.3 Å². The Morgan fingerprint density at radius 3 is 2.72 bits per heavy atom. The molecular formula is C17H19N3O4S. The molecule has 0 aliphatic carbocycles. The minimum absolute atomic E-state index is 0.0402. The molecule has 1 aromatic heterocycles. The molecule has 0 saturated carbocycles. The van der Waals surface area contributed by atoms with Gasteiger partial charge in [0.25, 0.3) is 5.91 Å². The molecule has 1 aliphatic heterocycles. The summed E-state index contributed by atoms with van der Waals surface area (Å²) < 4.78 is 10.5. The van der Waals surface area contributed by atoms with Crippen molar-refractivity contribution in [3.63, 3.8) is 0 Å². The third kappa shape index (κ3) is 3.74. The van der Waals surface area contributed by atoms with E-state index in [1.54, 1.807) is 18.2 Å². The fourth-order valence-corrected chi connectivity index (χ4v) is 3.23. The topological polar surface area (TPSA) is 80.8 Å². The highest BCUT2D eigenvalue weighted by Crippen LogP contribution is 2.32. The maximum absolute atomic E-state index is 12.7. The lowest BCUT2D eigenvalue weighted by atomic mass is 10.1. The first-order valence-corrected chi connectivity index (χ1v) is 8.72. The second-order valence-corrected chi connectivity index (χ2v) is 6.80. The summed E-state index contributed by atoms with van der Waals surface area (Å²) in [7, 11) is 0. The van der Waals surface area contributed by atoms with E-state index in [-0.39, 0.29) is 25.2 Å². The molecule has 8 heteroatoms. The second-order valence-electron chi connectivity index (χ2n) is 5.60. The van der Waals surface area contributed by atoms with Crippen LogP contribution in [0.15, 0.2) is 18.2 Å². The predicted molar refractivity (Wildman–Crippen MR) is 94.4 cm³/mol. The van der Waals surface area contributed by atoms with Crippen molar-refractivity contribution in [3.05, 3.63) is 34.3 Å². The molecule has 7 nitrogen and oxygen atoms in total. The molecule has 3 rings (SSSR count). The van der Waals surface area contributed by atoms with Crippen molar-refractivity contribution in [2.75, 3.05) is 25.2 Å². The van der Waals surface area contributed by atoms with Gasteiger partial charge in [-0.15, -0.1) is 11.3 Å². The summed E-state index contributed by atoms with van der Waals surface area (Å²) in [4.78, 5) is 31.7. The molecule has 0 atom stereocenters. The van der Waals surface area contributed by atoms with Crippen LogP contribution in [0.2, 0.25) is 0 Å². The average molecular weight is 361 g/mol. The van der Waals surface area contributed by atoms with Crippen LogP contribution in [0.3, 0.4) is 0 Å². The van der Waals surface area contributed by atoms with E-state index in [1.165, 1.54) is 16.2 Å².